The molecule has 7 nitrogen and oxygen atoms in total. The van der Waals surface area contributed by atoms with Gasteiger partial charge in [-0.1, -0.05) is 6.92 Å². The van der Waals surface area contributed by atoms with Gasteiger partial charge in [-0.05, 0) is 31.7 Å². The van der Waals surface area contributed by atoms with E-state index in [1.54, 1.807) is 13.2 Å². The molecule has 1 rings (SSSR count). The van der Waals surface area contributed by atoms with Gasteiger partial charge in [-0.2, -0.15) is 0 Å². The first-order valence-corrected chi connectivity index (χ1v) is 7.31. The summed E-state index contributed by atoms with van der Waals surface area (Å²) >= 11 is 0. The highest BCUT2D eigenvalue weighted by Gasteiger charge is 2.15. The number of methoxy groups -OCH3 is 1. The maximum atomic E-state index is 11.0. The maximum absolute atomic E-state index is 11.0. The second-order valence-electron chi connectivity index (χ2n) is 4.73. The second kappa shape index (κ2) is 9.93. The summed E-state index contributed by atoms with van der Waals surface area (Å²) in [5.74, 6) is 0.983. The fourth-order valence-corrected chi connectivity index (χ4v) is 1.84. The smallest absolute Gasteiger partial charge is 0.311 e. The Morgan fingerprint density at radius 3 is 2.71 bits per heavy atom. The summed E-state index contributed by atoms with van der Waals surface area (Å²) < 4.78 is 4.98. The number of aromatic nitrogens is 1. The minimum absolute atomic E-state index is 0.00828. The molecule has 0 aliphatic rings. The van der Waals surface area contributed by atoms with Gasteiger partial charge in [0.2, 0.25) is 5.82 Å². The predicted octanol–water partition coefficient (Wildman–Crippen LogP) is 3.04. The zero-order chi connectivity index (χ0) is 15.5. The van der Waals surface area contributed by atoms with Crippen molar-refractivity contribution >= 4 is 17.3 Å². The van der Waals surface area contributed by atoms with Crippen LogP contribution in [-0.4, -0.2) is 36.7 Å². The lowest BCUT2D eigenvalue weighted by molar-refractivity contribution is -0.384. The number of hydrogen-bond acceptors (Lipinski definition) is 6. The van der Waals surface area contributed by atoms with Gasteiger partial charge in [0.15, 0.2) is 0 Å². The van der Waals surface area contributed by atoms with Gasteiger partial charge in [0, 0.05) is 32.9 Å². The van der Waals surface area contributed by atoms with Crippen molar-refractivity contribution in [1.29, 1.82) is 0 Å². The van der Waals surface area contributed by atoms with Gasteiger partial charge >= 0.3 is 5.69 Å². The molecule has 0 aromatic carbocycles. The van der Waals surface area contributed by atoms with E-state index in [0.29, 0.717) is 18.2 Å². The molecule has 21 heavy (non-hydrogen) atoms. The summed E-state index contributed by atoms with van der Waals surface area (Å²) in [4.78, 5) is 14.9. The molecule has 1 heterocycles. The number of unbranched alkanes of at least 4 members (excludes halogenated alkanes) is 2. The molecule has 0 unspecified atom stereocenters. The molecule has 0 aliphatic carbocycles. The predicted molar refractivity (Wildman–Crippen MR) is 83.9 cm³/mol. The van der Waals surface area contributed by atoms with Crippen LogP contribution < -0.4 is 10.6 Å². The van der Waals surface area contributed by atoms with Crippen molar-refractivity contribution in [3.8, 4) is 0 Å². The van der Waals surface area contributed by atoms with Crippen LogP contribution in [0.5, 0.6) is 0 Å². The summed E-state index contributed by atoms with van der Waals surface area (Å²) in [6.45, 7) is 4.25. The normalized spacial score (nSPS) is 10.4. The first-order valence-electron chi connectivity index (χ1n) is 7.31. The molecule has 0 saturated heterocycles. The third kappa shape index (κ3) is 6.40. The van der Waals surface area contributed by atoms with Gasteiger partial charge in [-0.15, -0.1) is 0 Å². The Morgan fingerprint density at radius 1 is 1.24 bits per heavy atom. The Labute approximate surface area is 125 Å². The summed E-state index contributed by atoms with van der Waals surface area (Å²) in [6.07, 6.45) is 3.91. The van der Waals surface area contributed by atoms with Crippen molar-refractivity contribution in [2.24, 2.45) is 0 Å². The Morgan fingerprint density at radius 2 is 2.05 bits per heavy atom. The number of hydrogen-bond donors (Lipinski definition) is 2. The largest absolute Gasteiger partial charge is 0.385 e. The van der Waals surface area contributed by atoms with Crippen molar-refractivity contribution in [2.75, 3.05) is 37.4 Å². The lowest BCUT2D eigenvalue weighted by Crippen LogP contribution is -2.09. The molecule has 0 fully saturated rings. The molecule has 0 aliphatic heterocycles. The van der Waals surface area contributed by atoms with Crippen LogP contribution >= 0.6 is 0 Å². The van der Waals surface area contributed by atoms with Gasteiger partial charge < -0.3 is 15.4 Å². The Hall–Kier alpha value is -1.89. The first kappa shape index (κ1) is 17.2. The average Bonchev–Trinajstić information content (AvgIpc) is 2.48. The minimum Gasteiger partial charge on any atom is -0.385 e. The second-order valence-corrected chi connectivity index (χ2v) is 4.73. The van der Waals surface area contributed by atoms with E-state index in [4.69, 9.17) is 4.74 Å². The zero-order valence-electron chi connectivity index (χ0n) is 12.7. The Balaban J connectivity index is 2.57. The van der Waals surface area contributed by atoms with Crippen LogP contribution in [0.3, 0.4) is 0 Å². The molecule has 7 heteroatoms. The fraction of sp³-hybridized carbons (Fsp3) is 0.643. The molecule has 0 saturated carbocycles. The lowest BCUT2D eigenvalue weighted by Gasteiger charge is -2.09. The molecule has 2 N–H and O–H groups in total. The quantitative estimate of drug-likeness (QED) is 0.370. The zero-order valence-corrected chi connectivity index (χ0v) is 12.7. The van der Waals surface area contributed by atoms with E-state index in [1.165, 1.54) is 6.07 Å². The maximum Gasteiger partial charge on any atom is 0.311 e. The van der Waals surface area contributed by atoms with E-state index in [0.717, 1.165) is 38.8 Å². The van der Waals surface area contributed by atoms with Crippen LogP contribution in [0.4, 0.5) is 17.3 Å². The van der Waals surface area contributed by atoms with Crippen molar-refractivity contribution in [3.05, 3.63) is 22.2 Å². The highest BCUT2D eigenvalue weighted by Crippen LogP contribution is 2.24. The van der Waals surface area contributed by atoms with Gasteiger partial charge in [0.1, 0.15) is 5.82 Å². The molecule has 0 atom stereocenters. The highest BCUT2D eigenvalue weighted by molar-refractivity contribution is 5.60. The molecule has 0 bridgehead atoms. The minimum atomic E-state index is -0.413. The van der Waals surface area contributed by atoms with Gasteiger partial charge in [0.25, 0.3) is 0 Å². The number of ether oxygens (including phenoxy) is 1. The third-order valence-corrected chi connectivity index (χ3v) is 2.94. The van der Waals surface area contributed by atoms with Crippen molar-refractivity contribution in [1.82, 2.24) is 4.98 Å². The van der Waals surface area contributed by atoms with Crippen LogP contribution in [0.1, 0.15) is 32.6 Å². The summed E-state index contributed by atoms with van der Waals surface area (Å²) in [7, 11) is 1.68. The van der Waals surface area contributed by atoms with E-state index in [-0.39, 0.29) is 5.69 Å². The molecular weight excluding hydrogens is 272 g/mol. The summed E-state index contributed by atoms with van der Waals surface area (Å²) in [5.41, 5.74) is 0.00828. The molecule has 0 amide bonds. The third-order valence-electron chi connectivity index (χ3n) is 2.94. The van der Waals surface area contributed by atoms with Crippen molar-refractivity contribution in [3.63, 3.8) is 0 Å². The summed E-state index contributed by atoms with van der Waals surface area (Å²) in [5, 5.41) is 17.2. The first-order chi connectivity index (χ1) is 10.2. The monoisotopic (exact) mass is 296 g/mol. The fourth-order valence-electron chi connectivity index (χ4n) is 1.84. The van der Waals surface area contributed by atoms with Gasteiger partial charge in [-0.3, -0.25) is 10.1 Å². The van der Waals surface area contributed by atoms with E-state index in [1.807, 2.05) is 0 Å². The van der Waals surface area contributed by atoms with Crippen LogP contribution in [0.2, 0.25) is 0 Å². The van der Waals surface area contributed by atoms with Crippen molar-refractivity contribution < 1.29 is 9.66 Å². The van der Waals surface area contributed by atoms with E-state index >= 15 is 0 Å². The topological polar surface area (TPSA) is 89.3 Å². The molecule has 118 valence electrons. The lowest BCUT2D eigenvalue weighted by atomic mass is 10.2. The van der Waals surface area contributed by atoms with Crippen LogP contribution in [-0.2, 0) is 4.74 Å². The number of rotatable bonds is 11. The van der Waals surface area contributed by atoms with Crippen LogP contribution in [0.15, 0.2) is 12.1 Å². The molecule has 1 aromatic heterocycles. The Kier molecular flexibility index (Phi) is 8.11. The average molecular weight is 296 g/mol. The summed E-state index contributed by atoms with van der Waals surface area (Å²) in [6, 6.07) is 3.12. The van der Waals surface area contributed by atoms with Gasteiger partial charge in [0.05, 0.1) is 4.92 Å². The highest BCUT2D eigenvalue weighted by atomic mass is 16.6. The van der Waals surface area contributed by atoms with Crippen LogP contribution in [0.25, 0.3) is 0 Å². The molecule has 1 aromatic rings. The van der Waals surface area contributed by atoms with E-state index in [2.05, 4.69) is 22.5 Å². The SMILES string of the molecule is CCCNc1ccc([N+](=O)[O-])c(NCCCCCOC)n1. The number of nitro groups is 1. The number of pyridine rings is 1. The molecular formula is C14H24N4O3. The number of anilines is 2. The van der Waals surface area contributed by atoms with Gasteiger partial charge in [-0.25, -0.2) is 4.98 Å². The van der Waals surface area contributed by atoms with E-state index < -0.39 is 4.92 Å². The van der Waals surface area contributed by atoms with E-state index in [9.17, 15) is 10.1 Å². The number of nitrogens with zero attached hydrogens (tertiary/aromatic N) is 2. The van der Waals surface area contributed by atoms with Crippen molar-refractivity contribution in [2.45, 2.75) is 32.6 Å². The number of nitrogens with one attached hydrogen (secondary N) is 2. The standard InChI is InChI=1S/C14H24N4O3/c1-3-9-15-13-8-7-12(18(19)20)14(17-13)16-10-5-4-6-11-21-2/h7-8H,3-6,9-11H2,1-2H3,(H2,15,16,17). The molecule has 0 radical (unpaired) electrons. The molecule has 0 spiro atoms. The van der Waals surface area contributed by atoms with Crippen LogP contribution in [0, 0.1) is 10.1 Å². The Bertz CT molecular complexity index is 440.